The van der Waals surface area contributed by atoms with Gasteiger partial charge in [0.25, 0.3) is 0 Å². The van der Waals surface area contributed by atoms with Crippen LogP contribution in [-0.4, -0.2) is 35.4 Å². The van der Waals surface area contributed by atoms with Crippen molar-refractivity contribution < 1.29 is 14.6 Å². The molecule has 0 spiro atoms. The standard InChI is InChI=1S/C14H17NO3/c1-2-6-12-10-18-14(17)15(12)13(9-16)11-7-4-3-5-8-11/h2-5,7-8,12-13,16H,1,6,9-10H2/t12-,13+/m1/s1. The van der Waals surface area contributed by atoms with Crippen LogP contribution in [0, 0.1) is 0 Å². The van der Waals surface area contributed by atoms with Gasteiger partial charge < -0.3 is 9.84 Å². The molecule has 1 amide bonds. The molecule has 1 aromatic carbocycles. The molecule has 2 rings (SSSR count). The summed E-state index contributed by atoms with van der Waals surface area (Å²) in [5.41, 5.74) is 0.910. The highest BCUT2D eigenvalue weighted by molar-refractivity contribution is 5.71. The summed E-state index contributed by atoms with van der Waals surface area (Å²) in [6.07, 6.45) is 2.05. The number of aliphatic hydroxyl groups is 1. The lowest BCUT2D eigenvalue weighted by molar-refractivity contribution is 0.116. The largest absolute Gasteiger partial charge is 0.447 e. The van der Waals surface area contributed by atoms with Gasteiger partial charge >= 0.3 is 6.09 Å². The third-order valence-corrected chi connectivity index (χ3v) is 3.14. The number of carbonyl (C=O) groups excluding carboxylic acids is 1. The van der Waals surface area contributed by atoms with Gasteiger partial charge in [0.1, 0.15) is 6.61 Å². The van der Waals surface area contributed by atoms with Gasteiger partial charge in [-0.05, 0) is 12.0 Å². The number of aliphatic hydroxyl groups excluding tert-OH is 1. The van der Waals surface area contributed by atoms with Gasteiger partial charge in [0, 0.05) is 0 Å². The van der Waals surface area contributed by atoms with E-state index < -0.39 is 0 Å². The Morgan fingerprint density at radius 2 is 2.22 bits per heavy atom. The van der Waals surface area contributed by atoms with E-state index in [1.807, 2.05) is 30.3 Å². The number of amides is 1. The minimum atomic E-state index is -0.371. The summed E-state index contributed by atoms with van der Waals surface area (Å²) in [7, 11) is 0. The fraction of sp³-hybridized carbons (Fsp3) is 0.357. The Morgan fingerprint density at radius 3 is 2.83 bits per heavy atom. The summed E-state index contributed by atoms with van der Waals surface area (Å²) in [6.45, 7) is 3.92. The monoisotopic (exact) mass is 247 g/mol. The summed E-state index contributed by atoms with van der Waals surface area (Å²) in [4.78, 5) is 13.4. The molecule has 1 saturated heterocycles. The van der Waals surface area contributed by atoms with E-state index in [0.717, 1.165) is 5.56 Å². The van der Waals surface area contributed by atoms with Crippen LogP contribution in [0.3, 0.4) is 0 Å². The fourth-order valence-corrected chi connectivity index (χ4v) is 2.26. The number of ether oxygens (including phenoxy) is 1. The molecule has 2 atom stereocenters. The van der Waals surface area contributed by atoms with Crippen LogP contribution in [0.5, 0.6) is 0 Å². The molecule has 4 heteroatoms. The van der Waals surface area contributed by atoms with E-state index in [4.69, 9.17) is 4.74 Å². The molecule has 1 fully saturated rings. The summed E-state index contributed by atoms with van der Waals surface area (Å²) in [6, 6.07) is 9.08. The van der Waals surface area contributed by atoms with Gasteiger partial charge in [-0.3, -0.25) is 4.90 Å². The first-order valence-corrected chi connectivity index (χ1v) is 5.99. The number of rotatable bonds is 5. The number of benzene rings is 1. The molecular formula is C14H17NO3. The quantitative estimate of drug-likeness (QED) is 0.811. The van der Waals surface area contributed by atoms with E-state index >= 15 is 0 Å². The predicted molar refractivity (Wildman–Crippen MR) is 68.1 cm³/mol. The normalized spacial score (nSPS) is 20.6. The summed E-state index contributed by atoms with van der Waals surface area (Å²) in [5.74, 6) is 0. The SMILES string of the molecule is C=CC[C@@H]1COC(=O)N1[C@@H](CO)c1ccccc1. The number of hydrogen-bond donors (Lipinski definition) is 1. The third-order valence-electron chi connectivity index (χ3n) is 3.14. The highest BCUT2D eigenvalue weighted by Crippen LogP contribution is 2.28. The predicted octanol–water partition coefficient (Wildman–Crippen LogP) is 2.12. The van der Waals surface area contributed by atoms with Crippen LogP contribution in [0.4, 0.5) is 4.79 Å². The van der Waals surface area contributed by atoms with Crippen molar-refractivity contribution in [1.82, 2.24) is 4.90 Å². The summed E-state index contributed by atoms with van der Waals surface area (Å²) < 4.78 is 5.06. The number of nitrogens with zero attached hydrogens (tertiary/aromatic N) is 1. The van der Waals surface area contributed by atoms with E-state index in [9.17, 15) is 9.90 Å². The molecular weight excluding hydrogens is 230 g/mol. The van der Waals surface area contributed by atoms with Gasteiger partial charge in [-0.25, -0.2) is 4.79 Å². The number of cyclic esters (lactones) is 1. The van der Waals surface area contributed by atoms with Crippen molar-refractivity contribution in [1.29, 1.82) is 0 Å². The van der Waals surface area contributed by atoms with E-state index in [0.29, 0.717) is 13.0 Å². The van der Waals surface area contributed by atoms with Crippen LogP contribution in [-0.2, 0) is 4.74 Å². The molecule has 0 bridgehead atoms. The zero-order valence-corrected chi connectivity index (χ0v) is 10.2. The van der Waals surface area contributed by atoms with Crippen molar-refractivity contribution in [2.75, 3.05) is 13.2 Å². The van der Waals surface area contributed by atoms with Gasteiger partial charge in [0.2, 0.25) is 0 Å². The summed E-state index contributed by atoms with van der Waals surface area (Å²) >= 11 is 0. The Hall–Kier alpha value is -1.81. The molecule has 1 heterocycles. The second-order valence-corrected chi connectivity index (χ2v) is 4.27. The number of hydrogen-bond acceptors (Lipinski definition) is 3. The Labute approximate surface area is 106 Å². The average molecular weight is 247 g/mol. The lowest BCUT2D eigenvalue weighted by Gasteiger charge is -2.29. The van der Waals surface area contributed by atoms with Crippen LogP contribution < -0.4 is 0 Å². The molecule has 18 heavy (non-hydrogen) atoms. The second kappa shape index (κ2) is 5.69. The van der Waals surface area contributed by atoms with Crippen molar-refractivity contribution in [2.45, 2.75) is 18.5 Å². The number of carbonyl (C=O) groups is 1. The maximum Gasteiger partial charge on any atom is 0.410 e. The summed E-state index contributed by atoms with van der Waals surface area (Å²) in [5, 5.41) is 9.57. The van der Waals surface area contributed by atoms with E-state index in [1.165, 1.54) is 0 Å². The molecule has 1 N–H and O–H groups in total. The van der Waals surface area contributed by atoms with E-state index in [-0.39, 0.29) is 24.8 Å². The molecule has 1 aromatic rings. The molecule has 0 saturated carbocycles. The van der Waals surface area contributed by atoms with Gasteiger partial charge in [0.15, 0.2) is 0 Å². The minimum absolute atomic E-state index is 0.0487. The highest BCUT2D eigenvalue weighted by atomic mass is 16.6. The van der Waals surface area contributed by atoms with Crippen molar-refractivity contribution in [3.8, 4) is 0 Å². The van der Waals surface area contributed by atoms with Crippen LogP contribution in [0.25, 0.3) is 0 Å². The topological polar surface area (TPSA) is 49.8 Å². The molecule has 0 aromatic heterocycles. The Bertz CT molecular complexity index is 418. The van der Waals surface area contributed by atoms with Crippen LogP contribution in [0.1, 0.15) is 18.0 Å². The maximum absolute atomic E-state index is 11.8. The van der Waals surface area contributed by atoms with Gasteiger partial charge in [-0.1, -0.05) is 36.4 Å². The fourth-order valence-electron chi connectivity index (χ4n) is 2.26. The van der Waals surface area contributed by atoms with Gasteiger partial charge in [0.05, 0.1) is 18.7 Å². The molecule has 0 radical (unpaired) electrons. The lowest BCUT2D eigenvalue weighted by Crippen LogP contribution is -2.38. The molecule has 0 unspecified atom stereocenters. The Kier molecular flexibility index (Phi) is 3.99. The highest BCUT2D eigenvalue weighted by Gasteiger charge is 2.37. The zero-order valence-electron chi connectivity index (χ0n) is 10.2. The maximum atomic E-state index is 11.8. The first kappa shape index (κ1) is 12.6. The molecule has 1 aliphatic rings. The van der Waals surface area contributed by atoms with Crippen LogP contribution >= 0.6 is 0 Å². The van der Waals surface area contributed by atoms with E-state index in [2.05, 4.69) is 6.58 Å². The zero-order chi connectivity index (χ0) is 13.0. The molecule has 4 nitrogen and oxygen atoms in total. The molecule has 0 aliphatic carbocycles. The first-order valence-electron chi connectivity index (χ1n) is 5.99. The van der Waals surface area contributed by atoms with Gasteiger partial charge in [-0.2, -0.15) is 0 Å². The van der Waals surface area contributed by atoms with Crippen LogP contribution in [0.15, 0.2) is 43.0 Å². The van der Waals surface area contributed by atoms with Crippen LogP contribution in [0.2, 0.25) is 0 Å². The van der Waals surface area contributed by atoms with Crippen molar-refractivity contribution in [2.24, 2.45) is 0 Å². The molecule has 96 valence electrons. The van der Waals surface area contributed by atoms with E-state index in [1.54, 1.807) is 11.0 Å². The molecule has 1 aliphatic heterocycles. The lowest BCUT2D eigenvalue weighted by atomic mass is 10.0. The Balaban J connectivity index is 2.25. The van der Waals surface area contributed by atoms with Crippen molar-refractivity contribution in [3.05, 3.63) is 48.6 Å². The third kappa shape index (κ3) is 2.38. The Morgan fingerprint density at radius 1 is 1.50 bits per heavy atom. The minimum Gasteiger partial charge on any atom is -0.447 e. The average Bonchev–Trinajstić information content (AvgIpc) is 2.75. The second-order valence-electron chi connectivity index (χ2n) is 4.27. The van der Waals surface area contributed by atoms with Crippen molar-refractivity contribution in [3.63, 3.8) is 0 Å². The first-order chi connectivity index (χ1) is 8.77. The van der Waals surface area contributed by atoms with Gasteiger partial charge in [-0.15, -0.1) is 6.58 Å². The smallest absolute Gasteiger partial charge is 0.410 e. The van der Waals surface area contributed by atoms with Crippen molar-refractivity contribution >= 4 is 6.09 Å².